The molecule has 22 heavy (non-hydrogen) atoms. The van der Waals surface area contributed by atoms with Crippen molar-refractivity contribution >= 4 is 29.6 Å². The van der Waals surface area contributed by atoms with Gasteiger partial charge in [0.05, 0.1) is 6.42 Å². The number of hydrogen-bond donors (Lipinski definition) is 1. The first-order chi connectivity index (χ1) is 10.4. The molecule has 118 valence electrons. The molecule has 0 spiro atoms. The molecule has 1 saturated heterocycles. The summed E-state index contributed by atoms with van der Waals surface area (Å²) in [4.78, 5) is 59.1. The minimum atomic E-state index is -1.20. The zero-order valence-corrected chi connectivity index (χ0v) is 12.0. The molecule has 8 heteroatoms. The lowest BCUT2D eigenvalue weighted by atomic mass is 10.1. The van der Waals surface area contributed by atoms with Gasteiger partial charge in [-0.3, -0.25) is 29.4 Å². The number of carbonyl (C=O) groups is 5. The highest BCUT2D eigenvalue weighted by atomic mass is 16.6. The molecule has 2 aliphatic heterocycles. The van der Waals surface area contributed by atoms with Crippen LogP contribution in [0, 0.1) is 0 Å². The Morgan fingerprint density at radius 2 is 1.95 bits per heavy atom. The van der Waals surface area contributed by atoms with Crippen LogP contribution < -0.4 is 5.32 Å². The fourth-order valence-electron chi connectivity index (χ4n) is 2.31. The van der Waals surface area contributed by atoms with Crippen LogP contribution in [0.25, 0.3) is 0 Å². The highest BCUT2D eigenvalue weighted by Crippen LogP contribution is 2.18. The van der Waals surface area contributed by atoms with Gasteiger partial charge in [0.2, 0.25) is 5.91 Å². The molecule has 0 radical (unpaired) electrons. The van der Waals surface area contributed by atoms with Gasteiger partial charge in [-0.05, 0) is 6.42 Å². The lowest BCUT2D eigenvalue weighted by molar-refractivity contribution is -0.163. The fraction of sp³-hybridized carbons (Fsp3) is 0.500. The summed E-state index contributed by atoms with van der Waals surface area (Å²) in [6, 6.07) is -1.08. The molecule has 0 saturated carbocycles. The summed E-state index contributed by atoms with van der Waals surface area (Å²) in [5.41, 5.74) is 0. The molecule has 8 nitrogen and oxygen atoms in total. The van der Waals surface area contributed by atoms with Crippen LogP contribution in [0.5, 0.6) is 0 Å². The van der Waals surface area contributed by atoms with E-state index in [0.29, 0.717) is 6.42 Å². The van der Waals surface area contributed by atoms with Crippen molar-refractivity contribution in [3.63, 3.8) is 0 Å². The highest BCUT2D eigenvalue weighted by Gasteiger charge is 2.40. The zero-order valence-electron chi connectivity index (χ0n) is 12.0. The van der Waals surface area contributed by atoms with Gasteiger partial charge in [0.25, 0.3) is 17.7 Å². The molecule has 0 aromatic heterocycles. The third-order valence-corrected chi connectivity index (χ3v) is 3.44. The van der Waals surface area contributed by atoms with Crippen LogP contribution >= 0.6 is 0 Å². The molecule has 1 fully saturated rings. The first-order valence-electron chi connectivity index (χ1n) is 7.03. The molecule has 1 N–H and O–H groups in total. The van der Waals surface area contributed by atoms with Crippen molar-refractivity contribution in [2.75, 3.05) is 0 Å². The van der Waals surface area contributed by atoms with Crippen molar-refractivity contribution in [1.29, 1.82) is 0 Å². The van der Waals surface area contributed by atoms with Crippen LogP contribution in [0.3, 0.4) is 0 Å². The van der Waals surface area contributed by atoms with E-state index >= 15 is 0 Å². The van der Waals surface area contributed by atoms with Gasteiger partial charge in [-0.25, -0.2) is 4.79 Å². The van der Waals surface area contributed by atoms with Gasteiger partial charge in [-0.1, -0.05) is 19.8 Å². The molecule has 2 aliphatic rings. The second kappa shape index (κ2) is 6.50. The summed E-state index contributed by atoms with van der Waals surface area (Å²) in [5.74, 6) is -3.24. The number of unbranched alkanes of at least 4 members (excludes halogenated alkanes) is 1. The number of carbonyl (C=O) groups excluding carboxylic acids is 5. The minimum Gasteiger partial charge on any atom is -0.450 e. The van der Waals surface area contributed by atoms with Crippen LogP contribution in [-0.4, -0.2) is 46.6 Å². The molecule has 2 heterocycles. The number of nitrogens with zero attached hydrogens (tertiary/aromatic N) is 1. The maximum absolute atomic E-state index is 12.2. The van der Waals surface area contributed by atoms with Crippen molar-refractivity contribution in [2.24, 2.45) is 0 Å². The van der Waals surface area contributed by atoms with E-state index in [4.69, 9.17) is 4.74 Å². The first kappa shape index (κ1) is 15.9. The monoisotopic (exact) mass is 308 g/mol. The Morgan fingerprint density at radius 1 is 1.32 bits per heavy atom. The summed E-state index contributed by atoms with van der Waals surface area (Å²) in [6.07, 6.45) is 2.33. The third-order valence-electron chi connectivity index (χ3n) is 3.44. The summed E-state index contributed by atoms with van der Waals surface area (Å²) in [6.45, 7) is 1.90. The standard InChI is InChI=1S/C14H16N2O6/c1-2-3-4-8(16-11(18)5-6-12(16)19)14(21)22-9-7-10(17)15-13(9)20/h5-6,8-9H,2-4,7H2,1H3,(H,15,17,20). The molecule has 2 rings (SSSR count). The van der Waals surface area contributed by atoms with Crippen molar-refractivity contribution in [3.8, 4) is 0 Å². The predicted octanol–water partition coefficient (Wildman–Crippen LogP) is -0.571. The van der Waals surface area contributed by atoms with E-state index in [0.717, 1.165) is 23.5 Å². The second-order valence-electron chi connectivity index (χ2n) is 5.08. The van der Waals surface area contributed by atoms with Gasteiger partial charge in [-0.2, -0.15) is 0 Å². The molecular weight excluding hydrogens is 292 g/mol. The van der Waals surface area contributed by atoms with E-state index in [-0.39, 0.29) is 12.8 Å². The van der Waals surface area contributed by atoms with Crippen LogP contribution in [0.4, 0.5) is 0 Å². The Balaban J connectivity index is 2.09. The lowest BCUT2D eigenvalue weighted by Crippen LogP contribution is -2.47. The van der Waals surface area contributed by atoms with Crippen LogP contribution in [0.15, 0.2) is 12.2 Å². The first-order valence-corrected chi connectivity index (χ1v) is 7.03. The van der Waals surface area contributed by atoms with Gasteiger partial charge in [0, 0.05) is 12.2 Å². The van der Waals surface area contributed by atoms with E-state index in [2.05, 4.69) is 0 Å². The van der Waals surface area contributed by atoms with Crippen molar-refractivity contribution in [1.82, 2.24) is 10.2 Å². The van der Waals surface area contributed by atoms with E-state index < -0.39 is 41.7 Å². The van der Waals surface area contributed by atoms with Crippen molar-refractivity contribution in [3.05, 3.63) is 12.2 Å². The number of rotatable bonds is 6. The number of hydrogen-bond acceptors (Lipinski definition) is 6. The zero-order chi connectivity index (χ0) is 16.3. The van der Waals surface area contributed by atoms with E-state index in [1.807, 2.05) is 12.2 Å². The smallest absolute Gasteiger partial charge is 0.330 e. The van der Waals surface area contributed by atoms with Crippen LogP contribution in [0.1, 0.15) is 32.6 Å². The minimum absolute atomic E-state index is 0.245. The van der Waals surface area contributed by atoms with Gasteiger partial charge in [0.15, 0.2) is 6.10 Å². The average Bonchev–Trinajstić information content (AvgIpc) is 2.94. The predicted molar refractivity (Wildman–Crippen MR) is 72.0 cm³/mol. The topological polar surface area (TPSA) is 110 Å². The molecule has 0 aliphatic carbocycles. The van der Waals surface area contributed by atoms with E-state index in [1.54, 1.807) is 0 Å². The second-order valence-corrected chi connectivity index (χ2v) is 5.08. The van der Waals surface area contributed by atoms with Gasteiger partial charge in [-0.15, -0.1) is 0 Å². The van der Waals surface area contributed by atoms with Gasteiger partial charge in [0.1, 0.15) is 6.04 Å². The Labute approximate surface area is 126 Å². The summed E-state index contributed by atoms with van der Waals surface area (Å²) in [5, 5.41) is 2.03. The largest absolute Gasteiger partial charge is 0.450 e. The molecule has 2 atom stereocenters. The van der Waals surface area contributed by atoms with E-state index in [9.17, 15) is 24.0 Å². The number of imide groups is 2. The highest BCUT2D eigenvalue weighted by molar-refractivity contribution is 6.15. The summed E-state index contributed by atoms with van der Waals surface area (Å²) >= 11 is 0. The van der Waals surface area contributed by atoms with Crippen LogP contribution in [0.2, 0.25) is 0 Å². The number of ether oxygens (including phenoxy) is 1. The summed E-state index contributed by atoms with van der Waals surface area (Å²) in [7, 11) is 0. The third kappa shape index (κ3) is 3.21. The molecule has 0 aromatic rings. The normalized spacial score (nSPS) is 22.2. The van der Waals surface area contributed by atoms with Crippen LogP contribution in [-0.2, 0) is 28.7 Å². The SMILES string of the molecule is CCCCC(C(=O)OC1CC(=O)NC1=O)N1C(=O)C=CC1=O. The Morgan fingerprint density at radius 3 is 2.45 bits per heavy atom. The average molecular weight is 308 g/mol. The van der Waals surface area contributed by atoms with E-state index in [1.165, 1.54) is 0 Å². The lowest BCUT2D eigenvalue weighted by Gasteiger charge is -2.25. The van der Waals surface area contributed by atoms with Crippen molar-refractivity contribution < 1.29 is 28.7 Å². The van der Waals surface area contributed by atoms with Gasteiger partial charge < -0.3 is 4.74 Å². The maximum atomic E-state index is 12.2. The molecule has 4 amide bonds. The number of amides is 4. The van der Waals surface area contributed by atoms with Gasteiger partial charge >= 0.3 is 5.97 Å². The number of esters is 1. The van der Waals surface area contributed by atoms with Crippen molar-refractivity contribution in [2.45, 2.75) is 44.8 Å². The Hall–Kier alpha value is -2.51. The molecule has 0 aromatic carbocycles. The molecule has 2 unspecified atom stereocenters. The molecular formula is C14H16N2O6. The fourth-order valence-corrected chi connectivity index (χ4v) is 2.31. The molecule has 0 bridgehead atoms. The Kier molecular flexibility index (Phi) is 4.69. The quantitative estimate of drug-likeness (QED) is 0.520. The maximum Gasteiger partial charge on any atom is 0.330 e. The number of nitrogens with one attached hydrogen (secondary N) is 1. The Bertz CT molecular complexity index is 550. The summed E-state index contributed by atoms with van der Waals surface area (Å²) < 4.78 is 5.02.